The van der Waals surface area contributed by atoms with Crippen LogP contribution in [0.4, 0.5) is 5.69 Å². The summed E-state index contributed by atoms with van der Waals surface area (Å²) in [5.74, 6) is -2.35. The highest BCUT2D eigenvalue weighted by molar-refractivity contribution is 6.17. The van der Waals surface area contributed by atoms with E-state index in [9.17, 15) is 24.9 Å². The monoisotopic (exact) mass is 329 g/mol. The molecule has 0 saturated carbocycles. The van der Waals surface area contributed by atoms with Crippen LogP contribution in [0.1, 0.15) is 40.1 Å². The second-order valence-corrected chi connectivity index (χ2v) is 5.18. The van der Waals surface area contributed by atoms with Gasteiger partial charge in [0.1, 0.15) is 11.5 Å². The molecule has 6 nitrogen and oxygen atoms in total. The van der Waals surface area contributed by atoms with Crippen molar-refractivity contribution in [3.8, 4) is 11.5 Å². The summed E-state index contributed by atoms with van der Waals surface area (Å²) in [4.78, 5) is 26.2. The molecule has 0 amide bonds. The molecule has 0 aliphatic heterocycles. The molecule has 6 heteroatoms. The number of benzene rings is 2. The number of phenols is 2. The first kappa shape index (κ1) is 17.3. The molecular formula is C18H19NO5. The van der Waals surface area contributed by atoms with E-state index in [0.717, 1.165) is 0 Å². The van der Waals surface area contributed by atoms with Crippen molar-refractivity contribution in [2.24, 2.45) is 0 Å². The minimum atomic E-state index is -1.31. The van der Waals surface area contributed by atoms with Crippen LogP contribution in [-0.4, -0.2) is 40.2 Å². The third kappa shape index (κ3) is 3.03. The van der Waals surface area contributed by atoms with Gasteiger partial charge in [0.15, 0.2) is 5.78 Å². The Morgan fingerprint density at radius 2 is 1.54 bits per heavy atom. The topological polar surface area (TPSA) is 98.1 Å². The quantitative estimate of drug-likeness (QED) is 0.705. The average Bonchev–Trinajstić information content (AvgIpc) is 2.56. The molecule has 0 saturated heterocycles. The molecule has 2 aromatic carbocycles. The van der Waals surface area contributed by atoms with E-state index in [0.29, 0.717) is 13.1 Å². The molecule has 0 unspecified atom stereocenters. The number of para-hydroxylation sites is 1. The maximum atomic E-state index is 12.7. The van der Waals surface area contributed by atoms with Crippen LogP contribution >= 0.6 is 0 Å². The van der Waals surface area contributed by atoms with E-state index in [2.05, 4.69) is 0 Å². The van der Waals surface area contributed by atoms with Gasteiger partial charge in [0.25, 0.3) is 0 Å². The van der Waals surface area contributed by atoms with Crippen molar-refractivity contribution in [2.45, 2.75) is 13.8 Å². The summed E-state index contributed by atoms with van der Waals surface area (Å²) in [6.07, 6.45) is 0. The van der Waals surface area contributed by atoms with Crippen molar-refractivity contribution in [1.82, 2.24) is 0 Å². The first-order valence-corrected chi connectivity index (χ1v) is 7.59. The van der Waals surface area contributed by atoms with Gasteiger partial charge in [0, 0.05) is 18.7 Å². The lowest BCUT2D eigenvalue weighted by Crippen LogP contribution is -2.25. The molecule has 2 rings (SSSR count). The van der Waals surface area contributed by atoms with Gasteiger partial charge in [-0.1, -0.05) is 12.1 Å². The van der Waals surface area contributed by atoms with E-state index >= 15 is 0 Å². The fourth-order valence-corrected chi connectivity index (χ4v) is 2.66. The van der Waals surface area contributed by atoms with Crippen molar-refractivity contribution in [2.75, 3.05) is 18.0 Å². The number of aromatic carboxylic acids is 1. The van der Waals surface area contributed by atoms with Gasteiger partial charge >= 0.3 is 5.97 Å². The summed E-state index contributed by atoms with van der Waals surface area (Å²) in [6, 6.07) is 8.50. The summed E-state index contributed by atoms with van der Waals surface area (Å²) in [7, 11) is 0. The zero-order valence-electron chi connectivity index (χ0n) is 13.5. The minimum Gasteiger partial charge on any atom is -0.507 e. The fraction of sp³-hybridized carbons (Fsp3) is 0.222. The van der Waals surface area contributed by atoms with Gasteiger partial charge in [-0.05, 0) is 38.1 Å². The number of carbonyl (C=O) groups excluding carboxylic acids is 1. The number of carboxylic acids is 1. The summed E-state index contributed by atoms with van der Waals surface area (Å²) in [6.45, 7) is 4.59. The number of carboxylic acid groups (broad SMARTS) is 1. The van der Waals surface area contributed by atoms with Crippen LogP contribution in [0.2, 0.25) is 0 Å². The Balaban J connectivity index is 2.71. The Morgan fingerprint density at radius 1 is 0.917 bits per heavy atom. The first-order chi connectivity index (χ1) is 11.4. The Morgan fingerprint density at radius 3 is 2.08 bits per heavy atom. The van der Waals surface area contributed by atoms with E-state index in [1.807, 2.05) is 13.8 Å². The van der Waals surface area contributed by atoms with E-state index in [1.165, 1.54) is 24.3 Å². The van der Waals surface area contributed by atoms with Gasteiger partial charge < -0.3 is 20.2 Å². The number of carbonyl (C=O) groups is 2. The van der Waals surface area contributed by atoms with Gasteiger partial charge in [0.05, 0.1) is 16.8 Å². The summed E-state index contributed by atoms with van der Waals surface area (Å²) in [5, 5.41) is 29.6. The molecule has 3 N–H and O–H groups in total. The van der Waals surface area contributed by atoms with Crippen molar-refractivity contribution < 1.29 is 24.9 Å². The smallest absolute Gasteiger partial charge is 0.338 e. The summed E-state index contributed by atoms with van der Waals surface area (Å²) < 4.78 is 0. The second-order valence-electron chi connectivity index (χ2n) is 5.18. The lowest BCUT2D eigenvalue weighted by Gasteiger charge is -2.25. The molecular weight excluding hydrogens is 310 g/mol. The number of nitrogens with zero attached hydrogens (tertiary/aromatic N) is 1. The van der Waals surface area contributed by atoms with Gasteiger partial charge in [0.2, 0.25) is 0 Å². The van der Waals surface area contributed by atoms with Gasteiger partial charge in [-0.25, -0.2) is 4.79 Å². The van der Waals surface area contributed by atoms with Crippen LogP contribution in [0.5, 0.6) is 11.5 Å². The normalized spacial score (nSPS) is 10.4. The molecule has 24 heavy (non-hydrogen) atoms. The highest BCUT2D eigenvalue weighted by atomic mass is 16.4. The molecule has 0 radical (unpaired) electrons. The molecule has 0 aliphatic carbocycles. The zero-order valence-corrected chi connectivity index (χ0v) is 13.5. The Labute approximate surface area is 139 Å². The third-order valence-corrected chi connectivity index (χ3v) is 3.84. The molecule has 0 heterocycles. The van der Waals surface area contributed by atoms with Crippen LogP contribution in [-0.2, 0) is 0 Å². The maximum absolute atomic E-state index is 12.7. The number of rotatable bonds is 6. The fourth-order valence-electron chi connectivity index (χ4n) is 2.66. The number of anilines is 1. The number of hydrogen-bond acceptors (Lipinski definition) is 5. The molecule has 0 atom stereocenters. The standard InChI is InChI=1S/C18H19NO5/c1-3-19(4-2)16-14(21)10-9-12(15(16)18(23)24)17(22)11-7-5-6-8-13(11)20/h5-10,20-21H,3-4H2,1-2H3,(H,23,24). The molecule has 126 valence electrons. The number of aromatic hydroxyl groups is 2. The Hall–Kier alpha value is -3.02. The Bertz CT molecular complexity index is 781. The molecule has 2 aromatic rings. The minimum absolute atomic E-state index is 0.0104. The van der Waals surface area contributed by atoms with Crippen molar-refractivity contribution in [3.63, 3.8) is 0 Å². The third-order valence-electron chi connectivity index (χ3n) is 3.84. The highest BCUT2D eigenvalue weighted by Crippen LogP contribution is 2.35. The molecule has 0 aromatic heterocycles. The highest BCUT2D eigenvalue weighted by Gasteiger charge is 2.27. The number of hydrogen-bond donors (Lipinski definition) is 3. The van der Waals surface area contributed by atoms with E-state index < -0.39 is 11.8 Å². The van der Waals surface area contributed by atoms with Crippen molar-refractivity contribution >= 4 is 17.4 Å². The van der Waals surface area contributed by atoms with E-state index in [1.54, 1.807) is 17.0 Å². The van der Waals surface area contributed by atoms with Crippen LogP contribution in [0, 0.1) is 0 Å². The van der Waals surface area contributed by atoms with Gasteiger partial charge in [-0.15, -0.1) is 0 Å². The maximum Gasteiger partial charge on any atom is 0.338 e. The second kappa shape index (κ2) is 7.04. The van der Waals surface area contributed by atoms with Crippen LogP contribution in [0.15, 0.2) is 36.4 Å². The summed E-state index contributed by atoms with van der Waals surface area (Å²) >= 11 is 0. The van der Waals surface area contributed by atoms with Crippen molar-refractivity contribution in [3.05, 3.63) is 53.1 Å². The lowest BCUT2D eigenvalue weighted by atomic mass is 9.95. The van der Waals surface area contributed by atoms with Crippen LogP contribution in [0.3, 0.4) is 0 Å². The Kier molecular flexibility index (Phi) is 5.08. The van der Waals surface area contributed by atoms with Crippen molar-refractivity contribution in [1.29, 1.82) is 0 Å². The molecule has 0 spiro atoms. The van der Waals surface area contributed by atoms with Crippen LogP contribution < -0.4 is 4.90 Å². The SMILES string of the molecule is CCN(CC)c1c(O)ccc(C(=O)c2ccccc2O)c1C(=O)O. The van der Waals surface area contributed by atoms with Crippen LogP contribution in [0.25, 0.3) is 0 Å². The zero-order chi connectivity index (χ0) is 17.9. The lowest BCUT2D eigenvalue weighted by molar-refractivity contribution is 0.0693. The molecule has 0 fully saturated rings. The van der Waals surface area contributed by atoms with Gasteiger partial charge in [-0.3, -0.25) is 4.79 Å². The van der Waals surface area contributed by atoms with E-state index in [-0.39, 0.29) is 33.9 Å². The van der Waals surface area contributed by atoms with E-state index in [4.69, 9.17) is 0 Å². The molecule has 0 bridgehead atoms. The predicted molar refractivity (Wildman–Crippen MR) is 90.2 cm³/mol. The number of ketones is 1. The van der Waals surface area contributed by atoms with Gasteiger partial charge in [-0.2, -0.15) is 0 Å². The molecule has 0 aliphatic rings. The predicted octanol–water partition coefficient (Wildman–Crippen LogP) is 2.87. The first-order valence-electron chi connectivity index (χ1n) is 7.59. The average molecular weight is 329 g/mol. The largest absolute Gasteiger partial charge is 0.507 e. The number of phenolic OH excluding ortho intramolecular Hbond substituents is 2. The summed E-state index contributed by atoms with van der Waals surface area (Å²) in [5.41, 5.74) is -0.236.